The third-order valence-corrected chi connectivity index (χ3v) is 4.87. The third-order valence-electron chi connectivity index (χ3n) is 4.87. The first-order valence-electron chi connectivity index (χ1n) is 8.49. The van der Waals surface area contributed by atoms with Crippen molar-refractivity contribution in [1.82, 2.24) is 15.1 Å². The van der Waals surface area contributed by atoms with E-state index in [0.29, 0.717) is 31.5 Å². The molecule has 7 heteroatoms. The van der Waals surface area contributed by atoms with Crippen LogP contribution >= 0.6 is 0 Å². The molecule has 4 rings (SSSR count). The van der Waals surface area contributed by atoms with Gasteiger partial charge in [0.05, 0.1) is 20.3 Å². The molecule has 0 N–H and O–H groups in total. The highest BCUT2D eigenvalue weighted by atomic mass is 16.5. The molecule has 2 fully saturated rings. The van der Waals surface area contributed by atoms with E-state index in [9.17, 15) is 4.79 Å². The molecule has 3 atom stereocenters. The van der Waals surface area contributed by atoms with Crippen molar-refractivity contribution in [3.05, 3.63) is 41.6 Å². The summed E-state index contributed by atoms with van der Waals surface area (Å²) in [6.45, 7) is 3.22. The molecule has 0 bridgehead atoms. The Kier molecular flexibility index (Phi) is 4.17. The van der Waals surface area contributed by atoms with Crippen molar-refractivity contribution in [3.63, 3.8) is 0 Å². The Hall–Kier alpha value is -2.41. The van der Waals surface area contributed by atoms with E-state index < -0.39 is 0 Å². The summed E-state index contributed by atoms with van der Waals surface area (Å²) >= 11 is 0. The second-order valence-electron chi connectivity index (χ2n) is 6.51. The number of aromatic nitrogens is 2. The van der Waals surface area contributed by atoms with E-state index in [-0.39, 0.29) is 23.8 Å². The zero-order valence-corrected chi connectivity index (χ0v) is 14.3. The van der Waals surface area contributed by atoms with Crippen LogP contribution in [-0.2, 0) is 9.53 Å². The highest BCUT2D eigenvalue weighted by Gasteiger charge is 2.48. The van der Waals surface area contributed by atoms with Crippen molar-refractivity contribution < 1.29 is 18.7 Å². The predicted molar refractivity (Wildman–Crippen MR) is 88.2 cm³/mol. The topological polar surface area (TPSA) is 77.7 Å². The molecule has 1 aliphatic heterocycles. The Morgan fingerprint density at radius 2 is 2.24 bits per heavy atom. The van der Waals surface area contributed by atoms with Gasteiger partial charge in [0.1, 0.15) is 11.8 Å². The van der Waals surface area contributed by atoms with Crippen molar-refractivity contribution >= 4 is 5.91 Å². The van der Waals surface area contributed by atoms with E-state index in [4.69, 9.17) is 13.9 Å². The number of hydrogen-bond acceptors (Lipinski definition) is 6. The van der Waals surface area contributed by atoms with Gasteiger partial charge in [0.2, 0.25) is 17.7 Å². The predicted octanol–water partition coefficient (Wildman–Crippen LogP) is 2.09. The highest BCUT2D eigenvalue weighted by Crippen LogP contribution is 2.49. The Morgan fingerprint density at radius 3 is 3.00 bits per heavy atom. The minimum absolute atomic E-state index is 0.00303. The monoisotopic (exact) mass is 343 g/mol. The summed E-state index contributed by atoms with van der Waals surface area (Å²) in [6, 6.07) is 7.65. The molecule has 25 heavy (non-hydrogen) atoms. The Morgan fingerprint density at radius 1 is 1.36 bits per heavy atom. The van der Waals surface area contributed by atoms with Crippen LogP contribution in [0.4, 0.5) is 0 Å². The second kappa shape index (κ2) is 6.48. The summed E-state index contributed by atoms with van der Waals surface area (Å²) in [5.41, 5.74) is 1.15. The maximum Gasteiger partial charge on any atom is 0.241 e. The van der Waals surface area contributed by atoms with Gasteiger partial charge < -0.3 is 18.8 Å². The van der Waals surface area contributed by atoms with E-state index in [1.165, 1.54) is 0 Å². The number of amides is 1. The van der Waals surface area contributed by atoms with Crippen molar-refractivity contribution in [2.24, 2.45) is 5.92 Å². The molecule has 0 spiro atoms. The molecule has 2 aromatic rings. The van der Waals surface area contributed by atoms with Crippen molar-refractivity contribution in [2.75, 3.05) is 26.9 Å². The Balaban J connectivity index is 1.50. The molecular weight excluding hydrogens is 322 g/mol. The summed E-state index contributed by atoms with van der Waals surface area (Å²) in [5, 5.41) is 7.95. The zero-order valence-electron chi connectivity index (χ0n) is 14.3. The van der Waals surface area contributed by atoms with Crippen LogP contribution in [0.25, 0.3) is 0 Å². The number of nitrogens with zero attached hydrogens (tertiary/aromatic N) is 3. The molecule has 1 saturated heterocycles. The number of aryl methyl sites for hydroxylation is 1. The first-order valence-corrected chi connectivity index (χ1v) is 8.49. The first-order chi connectivity index (χ1) is 12.2. The molecule has 1 amide bonds. The minimum atomic E-state index is -0.297. The SMILES string of the molecule is COc1cccc([C@@H]2C[C@@H]2C(=O)N2CCOC[C@@H]2c2nnc(C)o2)c1. The Bertz CT molecular complexity index is 775. The largest absolute Gasteiger partial charge is 0.497 e. The van der Waals surface area contributed by atoms with Crippen LogP contribution in [0.5, 0.6) is 5.75 Å². The maximum absolute atomic E-state index is 13.0. The second-order valence-corrected chi connectivity index (χ2v) is 6.51. The standard InChI is InChI=1S/C18H21N3O4/c1-11-19-20-17(25-11)16-10-24-7-6-21(16)18(22)15-9-14(15)12-4-3-5-13(8-12)23-2/h3-5,8,14-16H,6-7,9-10H2,1-2H3/t14-,15-,16+/m0/s1. The maximum atomic E-state index is 13.0. The average molecular weight is 343 g/mol. The van der Waals surface area contributed by atoms with E-state index in [1.807, 2.05) is 23.1 Å². The number of rotatable bonds is 4. The van der Waals surface area contributed by atoms with Gasteiger partial charge in [-0.1, -0.05) is 12.1 Å². The fraction of sp³-hybridized carbons (Fsp3) is 0.500. The lowest BCUT2D eigenvalue weighted by Crippen LogP contribution is -2.44. The van der Waals surface area contributed by atoms with Gasteiger partial charge in [-0.05, 0) is 30.0 Å². The van der Waals surface area contributed by atoms with Crippen LogP contribution < -0.4 is 4.74 Å². The van der Waals surface area contributed by atoms with Crippen LogP contribution in [0.1, 0.15) is 35.7 Å². The first kappa shape index (κ1) is 16.1. The molecule has 1 aromatic heterocycles. The summed E-state index contributed by atoms with van der Waals surface area (Å²) in [7, 11) is 1.65. The van der Waals surface area contributed by atoms with Gasteiger partial charge in [-0.25, -0.2) is 0 Å². The molecule has 0 unspecified atom stereocenters. The van der Waals surface area contributed by atoms with Crippen LogP contribution in [0.15, 0.2) is 28.7 Å². The van der Waals surface area contributed by atoms with E-state index in [0.717, 1.165) is 17.7 Å². The number of benzene rings is 1. The van der Waals surface area contributed by atoms with Crippen molar-refractivity contribution in [3.8, 4) is 5.75 Å². The average Bonchev–Trinajstić information content (AvgIpc) is 3.35. The molecule has 2 heterocycles. The lowest BCUT2D eigenvalue weighted by molar-refractivity contribution is -0.142. The van der Waals surface area contributed by atoms with Crippen LogP contribution in [-0.4, -0.2) is 47.9 Å². The normalized spacial score (nSPS) is 25.7. The van der Waals surface area contributed by atoms with Gasteiger partial charge in [0.25, 0.3) is 0 Å². The molecule has 1 saturated carbocycles. The summed E-state index contributed by atoms with van der Waals surface area (Å²) in [4.78, 5) is 14.9. The van der Waals surface area contributed by atoms with E-state index in [2.05, 4.69) is 16.3 Å². The molecule has 7 nitrogen and oxygen atoms in total. The Labute approximate surface area is 145 Å². The van der Waals surface area contributed by atoms with Crippen LogP contribution in [0.3, 0.4) is 0 Å². The fourth-order valence-electron chi connectivity index (χ4n) is 3.44. The number of methoxy groups -OCH3 is 1. The van der Waals surface area contributed by atoms with Gasteiger partial charge >= 0.3 is 0 Å². The smallest absolute Gasteiger partial charge is 0.241 e. The lowest BCUT2D eigenvalue weighted by Gasteiger charge is -2.33. The molecule has 0 radical (unpaired) electrons. The number of carbonyl (C=O) groups is 1. The van der Waals surface area contributed by atoms with Gasteiger partial charge in [0.15, 0.2) is 0 Å². The van der Waals surface area contributed by atoms with Crippen molar-refractivity contribution in [2.45, 2.75) is 25.3 Å². The van der Waals surface area contributed by atoms with E-state index >= 15 is 0 Å². The van der Waals surface area contributed by atoms with Gasteiger partial charge in [-0.2, -0.15) is 0 Å². The fourth-order valence-corrected chi connectivity index (χ4v) is 3.44. The van der Waals surface area contributed by atoms with E-state index in [1.54, 1.807) is 14.0 Å². The summed E-state index contributed by atoms with van der Waals surface area (Å²) in [6.07, 6.45) is 0.860. The third kappa shape index (κ3) is 3.11. The number of hydrogen-bond donors (Lipinski definition) is 0. The molecular formula is C18H21N3O4. The molecule has 132 valence electrons. The van der Waals surface area contributed by atoms with Gasteiger partial charge in [0, 0.05) is 19.4 Å². The summed E-state index contributed by atoms with van der Waals surface area (Å²) < 4.78 is 16.3. The number of morpholine rings is 1. The quantitative estimate of drug-likeness (QED) is 0.846. The number of ether oxygens (including phenoxy) is 2. The molecule has 2 aliphatic rings. The van der Waals surface area contributed by atoms with Crippen LogP contribution in [0.2, 0.25) is 0 Å². The summed E-state index contributed by atoms with van der Waals surface area (Å²) in [5.74, 6) is 2.14. The van der Waals surface area contributed by atoms with Crippen LogP contribution in [0, 0.1) is 12.8 Å². The molecule has 1 aromatic carbocycles. The minimum Gasteiger partial charge on any atom is -0.497 e. The van der Waals surface area contributed by atoms with Crippen molar-refractivity contribution in [1.29, 1.82) is 0 Å². The lowest BCUT2D eigenvalue weighted by atomic mass is 10.1. The van der Waals surface area contributed by atoms with Gasteiger partial charge in [-0.3, -0.25) is 4.79 Å². The number of carbonyl (C=O) groups excluding carboxylic acids is 1. The highest BCUT2D eigenvalue weighted by molar-refractivity contribution is 5.83. The molecule has 1 aliphatic carbocycles. The zero-order chi connectivity index (χ0) is 17.4. The van der Waals surface area contributed by atoms with Gasteiger partial charge in [-0.15, -0.1) is 10.2 Å².